The third kappa shape index (κ3) is 5.96. The molecule has 6 heteroatoms. The Bertz CT molecular complexity index is 467. The minimum atomic E-state index is -0.762. The second-order valence-electron chi connectivity index (χ2n) is 8.56. The van der Waals surface area contributed by atoms with Crippen LogP contribution in [0.25, 0.3) is 0 Å². The van der Waals surface area contributed by atoms with Crippen LogP contribution in [0.1, 0.15) is 61.8 Å². The van der Waals surface area contributed by atoms with Gasteiger partial charge in [-0.15, -0.1) is 0 Å². The summed E-state index contributed by atoms with van der Waals surface area (Å²) in [7, 11) is 0. The van der Waals surface area contributed by atoms with Gasteiger partial charge in [-0.2, -0.15) is 0 Å². The molecule has 0 aromatic carbocycles. The number of hydrogen-bond acceptors (Lipinski definition) is 6. The maximum Gasteiger partial charge on any atom is 0.346 e. The van der Waals surface area contributed by atoms with Crippen molar-refractivity contribution >= 4 is 11.9 Å². The van der Waals surface area contributed by atoms with Crippen LogP contribution in [-0.2, 0) is 28.5 Å². The fraction of sp³-hybridized carbons (Fsp3) is 0.895. The van der Waals surface area contributed by atoms with Gasteiger partial charge in [-0.1, -0.05) is 34.6 Å². The summed E-state index contributed by atoms with van der Waals surface area (Å²) in [5.41, 5.74) is -0.972. The summed E-state index contributed by atoms with van der Waals surface area (Å²) in [6, 6.07) is 0. The molecular formula is C19H34O6. The summed E-state index contributed by atoms with van der Waals surface area (Å²) in [5.74, 6) is -0.682. The standard InChI is InChI=1S/C19H34O6/c1-12(2)9-19(8,18(5,6)7)17(21)23-10-15(20)25-16-11-22-13(3)14(4)24-16/h12-14,16H,9-11H2,1-8H3. The molecule has 0 aromatic rings. The van der Waals surface area contributed by atoms with Gasteiger partial charge in [0.25, 0.3) is 0 Å². The smallest absolute Gasteiger partial charge is 0.346 e. The molecule has 0 N–H and O–H groups in total. The molecule has 25 heavy (non-hydrogen) atoms. The molecule has 0 spiro atoms. The lowest BCUT2D eigenvalue weighted by atomic mass is 9.64. The lowest BCUT2D eigenvalue weighted by Crippen LogP contribution is -2.44. The summed E-state index contributed by atoms with van der Waals surface area (Å²) in [6.45, 7) is 15.5. The van der Waals surface area contributed by atoms with Crippen LogP contribution in [-0.4, -0.2) is 43.7 Å². The molecule has 1 aliphatic heterocycles. The zero-order chi connectivity index (χ0) is 19.4. The third-order valence-corrected chi connectivity index (χ3v) is 5.03. The first kappa shape index (κ1) is 21.9. The molecule has 4 atom stereocenters. The molecule has 6 nitrogen and oxygen atoms in total. The van der Waals surface area contributed by atoms with E-state index < -0.39 is 24.3 Å². The second-order valence-corrected chi connectivity index (χ2v) is 8.56. The average molecular weight is 358 g/mol. The van der Waals surface area contributed by atoms with Crippen molar-refractivity contribution < 1.29 is 28.5 Å². The van der Waals surface area contributed by atoms with Crippen LogP contribution in [0, 0.1) is 16.7 Å². The molecule has 1 heterocycles. The Morgan fingerprint density at radius 3 is 2.20 bits per heavy atom. The maximum atomic E-state index is 12.7. The molecule has 1 saturated heterocycles. The van der Waals surface area contributed by atoms with Crippen molar-refractivity contribution in [3.8, 4) is 0 Å². The molecule has 1 aliphatic rings. The van der Waals surface area contributed by atoms with Crippen LogP contribution in [0.15, 0.2) is 0 Å². The van der Waals surface area contributed by atoms with Crippen molar-refractivity contribution in [3.63, 3.8) is 0 Å². The van der Waals surface area contributed by atoms with Crippen LogP contribution in [0.2, 0.25) is 0 Å². The van der Waals surface area contributed by atoms with Crippen molar-refractivity contribution in [2.24, 2.45) is 16.7 Å². The first-order valence-corrected chi connectivity index (χ1v) is 9.00. The Hall–Kier alpha value is -1.14. The molecule has 4 unspecified atom stereocenters. The van der Waals surface area contributed by atoms with Gasteiger partial charge in [0.2, 0.25) is 6.29 Å². The van der Waals surface area contributed by atoms with E-state index in [1.165, 1.54) is 0 Å². The highest BCUT2D eigenvalue weighted by atomic mass is 16.7. The highest BCUT2D eigenvalue weighted by Gasteiger charge is 2.46. The van der Waals surface area contributed by atoms with Gasteiger partial charge in [-0.05, 0) is 38.5 Å². The molecule has 0 radical (unpaired) electrons. The monoisotopic (exact) mass is 358 g/mol. The van der Waals surface area contributed by atoms with E-state index in [4.69, 9.17) is 18.9 Å². The first-order valence-electron chi connectivity index (χ1n) is 9.00. The van der Waals surface area contributed by atoms with Crippen LogP contribution in [0.5, 0.6) is 0 Å². The van der Waals surface area contributed by atoms with Gasteiger partial charge in [0.05, 0.1) is 17.6 Å². The molecular weight excluding hydrogens is 324 g/mol. The number of ether oxygens (including phenoxy) is 4. The van der Waals surface area contributed by atoms with Crippen molar-refractivity contribution in [2.75, 3.05) is 13.2 Å². The molecule has 0 aliphatic carbocycles. The lowest BCUT2D eigenvalue weighted by Gasteiger charge is -2.40. The topological polar surface area (TPSA) is 71.1 Å². The van der Waals surface area contributed by atoms with Gasteiger partial charge < -0.3 is 18.9 Å². The molecule has 0 bridgehead atoms. The molecule has 146 valence electrons. The fourth-order valence-electron chi connectivity index (χ4n) is 2.79. The Morgan fingerprint density at radius 2 is 1.72 bits per heavy atom. The molecule has 1 fully saturated rings. The highest BCUT2D eigenvalue weighted by molar-refractivity contribution is 5.80. The quantitative estimate of drug-likeness (QED) is 0.678. The number of esters is 2. The second kappa shape index (κ2) is 8.49. The molecule has 0 amide bonds. The van der Waals surface area contributed by atoms with Gasteiger partial charge in [0.15, 0.2) is 6.61 Å². The summed E-state index contributed by atoms with van der Waals surface area (Å²) in [6.07, 6.45) is -0.290. The maximum absolute atomic E-state index is 12.7. The van der Waals surface area contributed by atoms with Crippen molar-refractivity contribution in [1.29, 1.82) is 0 Å². The lowest BCUT2D eigenvalue weighted by molar-refractivity contribution is -0.254. The third-order valence-electron chi connectivity index (χ3n) is 5.03. The van der Waals surface area contributed by atoms with Crippen LogP contribution >= 0.6 is 0 Å². The number of hydrogen-bond donors (Lipinski definition) is 0. The van der Waals surface area contributed by atoms with Gasteiger partial charge in [0.1, 0.15) is 6.61 Å². The fourth-order valence-corrected chi connectivity index (χ4v) is 2.79. The largest absolute Gasteiger partial charge is 0.453 e. The van der Waals surface area contributed by atoms with E-state index in [2.05, 4.69) is 13.8 Å². The van der Waals surface area contributed by atoms with Crippen molar-refractivity contribution in [2.45, 2.75) is 80.3 Å². The summed E-state index contributed by atoms with van der Waals surface area (Å²) in [5, 5.41) is 0. The zero-order valence-electron chi connectivity index (χ0n) is 16.9. The number of rotatable bonds is 6. The minimum absolute atomic E-state index is 0.0451. The van der Waals surface area contributed by atoms with Gasteiger partial charge in [0, 0.05) is 0 Å². The van der Waals surface area contributed by atoms with E-state index in [1.807, 2.05) is 41.5 Å². The van der Waals surface area contributed by atoms with Crippen LogP contribution in [0.3, 0.4) is 0 Å². The average Bonchev–Trinajstić information content (AvgIpc) is 2.46. The molecule has 0 saturated carbocycles. The normalized spacial score (nSPS) is 26.8. The Kier molecular flexibility index (Phi) is 7.44. The summed E-state index contributed by atoms with van der Waals surface area (Å²) >= 11 is 0. The van der Waals surface area contributed by atoms with Crippen molar-refractivity contribution in [3.05, 3.63) is 0 Å². The van der Waals surface area contributed by atoms with E-state index in [0.717, 1.165) is 0 Å². The van der Waals surface area contributed by atoms with Gasteiger partial charge in [-0.3, -0.25) is 4.79 Å². The van der Waals surface area contributed by atoms with E-state index in [9.17, 15) is 9.59 Å². The van der Waals surface area contributed by atoms with Gasteiger partial charge >= 0.3 is 11.9 Å². The predicted octanol–water partition coefficient (Wildman–Crippen LogP) is 3.32. The molecule has 0 aromatic heterocycles. The highest BCUT2D eigenvalue weighted by Crippen LogP contribution is 2.44. The first-order chi connectivity index (χ1) is 11.4. The van der Waals surface area contributed by atoms with Crippen molar-refractivity contribution in [1.82, 2.24) is 0 Å². The number of carbonyl (C=O) groups excluding carboxylic acids is 2. The van der Waals surface area contributed by atoms with Gasteiger partial charge in [-0.25, -0.2) is 4.79 Å². The SMILES string of the molecule is CC(C)CC(C)(C(=O)OCC(=O)OC1COC(C)C(C)O1)C(C)(C)C. The Balaban J connectivity index is 2.57. The number of carbonyl (C=O) groups is 2. The van der Waals surface area contributed by atoms with E-state index in [0.29, 0.717) is 12.3 Å². The van der Waals surface area contributed by atoms with Crippen LogP contribution < -0.4 is 0 Å². The minimum Gasteiger partial charge on any atom is -0.453 e. The van der Waals surface area contributed by atoms with E-state index in [1.54, 1.807) is 0 Å². The summed E-state index contributed by atoms with van der Waals surface area (Å²) < 4.78 is 21.5. The van der Waals surface area contributed by atoms with Crippen LogP contribution in [0.4, 0.5) is 0 Å². The predicted molar refractivity (Wildman–Crippen MR) is 93.8 cm³/mol. The van der Waals surface area contributed by atoms with E-state index >= 15 is 0 Å². The zero-order valence-corrected chi connectivity index (χ0v) is 16.9. The Morgan fingerprint density at radius 1 is 1.12 bits per heavy atom. The molecule has 1 rings (SSSR count). The Labute approximate surface area is 151 Å². The summed E-state index contributed by atoms with van der Waals surface area (Å²) in [4.78, 5) is 24.6. The van der Waals surface area contributed by atoms with E-state index in [-0.39, 0.29) is 30.2 Å².